The monoisotopic (exact) mass is 270 g/mol. The van der Waals surface area contributed by atoms with Gasteiger partial charge in [-0.25, -0.2) is 0 Å². The molecule has 0 unspecified atom stereocenters. The number of carbonyl (C=O) groups is 3. The molecule has 0 fully saturated rings. The Kier molecular flexibility index (Phi) is 58.8. The first-order valence-electron chi connectivity index (χ1n) is 3.41. The largest absolute Gasteiger partial charge is 2.00 e. The first-order chi connectivity index (χ1) is 5.95. The van der Waals surface area contributed by atoms with Gasteiger partial charge in [0.05, 0.1) is 0 Å². The van der Waals surface area contributed by atoms with Crippen molar-refractivity contribution in [3.8, 4) is 0 Å². The predicted octanol–water partition coefficient (Wildman–Crippen LogP) is -6.72. The molecular weight excluding hydrogens is 259 g/mol. The molecule has 0 N–H and O–H groups in total. The maximum Gasteiger partial charge on any atom is 2.00 e. The predicted molar refractivity (Wildman–Crippen MR) is 42.4 cm³/mol. The molecule has 0 spiro atoms. The third-order valence-corrected chi connectivity index (χ3v) is 0.577. The van der Waals surface area contributed by atoms with Crippen molar-refractivity contribution < 1.29 is 81.1 Å². The third-order valence-electron chi connectivity index (χ3n) is 0.577. The van der Waals surface area contributed by atoms with Crippen LogP contribution in [0.15, 0.2) is 0 Å². The second-order valence-corrected chi connectivity index (χ2v) is 1.55. The minimum Gasteiger partial charge on any atom is -0.554 e. The number of hydrogen-bond acceptors (Lipinski definition) is 6. The molecule has 0 saturated heterocycles. The number of carboxylic acid groups (broad SMARTS) is 3. The van der Waals surface area contributed by atoms with E-state index in [0.29, 0.717) is 0 Å². The molecule has 8 heteroatoms. The zero-order valence-electron chi connectivity index (χ0n) is 9.15. The summed E-state index contributed by atoms with van der Waals surface area (Å²) in [7, 11) is 0. The van der Waals surface area contributed by atoms with Crippen LogP contribution in [-0.2, 0) is 14.4 Å². The third kappa shape index (κ3) is 96.3. The summed E-state index contributed by atoms with van der Waals surface area (Å²) in [6.07, 6.45) is 0.222. The van der Waals surface area contributed by atoms with Crippen molar-refractivity contribution in [2.75, 3.05) is 0 Å². The maximum atomic E-state index is 9.26. The Hall–Kier alpha value is 1.31. The summed E-state index contributed by atoms with van der Waals surface area (Å²) in [4.78, 5) is 26.8. The van der Waals surface area contributed by atoms with Crippen LogP contribution in [0.3, 0.4) is 0 Å². The van der Waals surface area contributed by atoms with Gasteiger partial charge in [0.15, 0.2) is 0 Å². The summed E-state index contributed by atoms with van der Waals surface area (Å²) in [6, 6.07) is 0. The van der Waals surface area contributed by atoms with E-state index in [2.05, 4.69) is 0 Å². The van der Waals surface area contributed by atoms with E-state index in [1.807, 2.05) is 0 Å². The van der Waals surface area contributed by atoms with E-state index in [1.165, 1.54) is 13.8 Å². The summed E-state index contributed by atoms with van der Waals surface area (Å²) in [6.45, 7) is 2.57. The minimum absolute atomic E-state index is 0. The van der Waals surface area contributed by atoms with Gasteiger partial charge in [0.25, 0.3) is 0 Å². The van der Waals surface area contributed by atoms with E-state index < -0.39 is 18.4 Å². The van der Waals surface area contributed by atoms with Crippen molar-refractivity contribution in [3.05, 3.63) is 0 Å². The number of rotatable bonds is 2. The van der Waals surface area contributed by atoms with E-state index in [4.69, 9.17) is 9.90 Å². The molecule has 78 valence electrons. The van der Waals surface area contributed by atoms with Crippen molar-refractivity contribution in [3.63, 3.8) is 0 Å². The van der Waals surface area contributed by atoms with Crippen LogP contribution in [-0.4, -0.2) is 56.1 Å². The molecule has 0 aliphatic heterocycles. The quantitative estimate of drug-likeness (QED) is 0.363. The Balaban J connectivity index is -0.0000000322. The molecule has 0 bridgehead atoms. The normalized spacial score (nSPS) is 5.73. The van der Waals surface area contributed by atoms with Crippen molar-refractivity contribution in [2.24, 2.45) is 0 Å². The fourth-order valence-electron chi connectivity index (χ4n) is 0. The van der Waals surface area contributed by atoms with Gasteiger partial charge in [-0.2, -0.15) is 0 Å². The molecule has 0 atom stereocenters. The van der Waals surface area contributed by atoms with E-state index in [0.717, 1.165) is 0 Å². The molecule has 0 heterocycles. The molecule has 0 radical (unpaired) electrons. The Bertz CT molecular complexity index is 138. The Labute approximate surface area is 161 Å². The summed E-state index contributed by atoms with van der Waals surface area (Å²) >= 11 is 0. The van der Waals surface area contributed by atoms with Crippen molar-refractivity contribution in [1.29, 1.82) is 0 Å². The standard InChI is InChI=1S/2C3H6O2.CH2O2.Ca.K/c2*1-2-3(4)5;2-1-3;;/h2*2H2,1H3,(H,4,5);1H,(H,2,3);;/q;;;+2;+1/p-3. The summed E-state index contributed by atoms with van der Waals surface area (Å²) in [5, 5.41) is 26.8. The van der Waals surface area contributed by atoms with Gasteiger partial charge in [0, 0.05) is 18.4 Å². The van der Waals surface area contributed by atoms with Crippen LogP contribution in [0.1, 0.15) is 26.7 Å². The number of hydrogen-bond donors (Lipinski definition) is 0. The van der Waals surface area contributed by atoms with Gasteiger partial charge in [0.1, 0.15) is 0 Å². The molecule has 6 nitrogen and oxygen atoms in total. The topological polar surface area (TPSA) is 120 Å². The van der Waals surface area contributed by atoms with E-state index in [9.17, 15) is 19.8 Å². The fourth-order valence-corrected chi connectivity index (χ4v) is 0. The van der Waals surface area contributed by atoms with Gasteiger partial charge in [0.2, 0.25) is 0 Å². The minimum atomic E-state index is -0.995. The molecule has 0 aromatic rings. The van der Waals surface area contributed by atoms with Crippen LogP contribution < -0.4 is 66.7 Å². The second kappa shape index (κ2) is 29.5. The Morgan fingerprint density at radius 3 is 1.13 bits per heavy atom. The Morgan fingerprint density at radius 2 is 1.13 bits per heavy atom. The maximum absolute atomic E-state index is 9.26. The van der Waals surface area contributed by atoms with Crippen molar-refractivity contribution in [2.45, 2.75) is 26.7 Å². The average Bonchev–Trinajstić information content (AvgIpc) is 2.07. The van der Waals surface area contributed by atoms with Crippen LogP contribution in [0.4, 0.5) is 0 Å². The molecular formula is C7H11CaKO6. The van der Waals surface area contributed by atoms with E-state index in [-0.39, 0.29) is 102 Å². The number of carboxylic acids is 2. The van der Waals surface area contributed by atoms with Gasteiger partial charge in [-0.3, -0.25) is 0 Å². The van der Waals surface area contributed by atoms with Gasteiger partial charge in [-0.1, -0.05) is 13.8 Å². The van der Waals surface area contributed by atoms with Crippen LogP contribution in [0.5, 0.6) is 0 Å². The SMILES string of the molecule is CCC(=O)[O-].CCC(=O)[O-].O=C[O-].[Ca+2].[K+]. The van der Waals surface area contributed by atoms with Crippen molar-refractivity contribution >= 4 is 56.1 Å². The van der Waals surface area contributed by atoms with Crippen molar-refractivity contribution in [1.82, 2.24) is 0 Å². The van der Waals surface area contributed by atoms with Crippen LogP contribution >= 0.6 is 0 Å². The fraction of sp³-hybridized carbons (Fsp3) is 0.571. The van der Waals surface area contributed by atoms with Gasteiger partial charge in [-0.05, 0) is 12.8 Å². The van der Waals surface area contributed by atoms with Gasteiger partial charge < -0.3 is 29.7 Å². The van der Waals surface area contributed by atoms with E-state index >= 15 is 0 Å². The van der Waals surface area contributed by atoms with Crippen LogP contribution in [0.25, 0.3) is 0 Å². The smallest absolute Gasteiger partial charge is 0.554 e. The van der Waals surface area contributed by atoms with Crippen LogP contribution in [0, 0.1) is 0 Å². The molecule has 0 saturated carbocycles. The zero-order valence-corrected chi connectivity index (χ0v) is 14.5. The molecule has 0 amide bonds. The average molecular weight is 270 g/mol. The zero-order chi connectivity index (χ0) is 11.3. The summed E-state index contributed by atoms with van der Waals surface area (Å²) in [5.41, 5.74) is 0. The molecule has 0 aromatic heterocycles. The second-order valence-electron chi connectivity index (χ2n) is 1.55. The van der Waals surface area contributed by atoms with E-state index in [1.54, 1.807) is 0 Å². The first-order valence-corrected chi connectivity index (χ1v) is 3.41. The molecule has 0 aliphatic carbocycles. The molecule has 15 heavy (non-hydrogen) atoms. The Morgan fingerprint density at radius 1 is 1.07 bits per heavy atom. The summed E-state index contributed by atoms with van der Waals surface area (Å²) in [5.74, 6) is -1.99. The molecule has 0 aliphatic rings. The van der Waals surface area contributed by atoms with Gasteiger partial charge in [-0.15, -0.1) is 0 Å². The molecule has 0 rings (SSSR count). The summed E-state index contributed by atoms with van der Waals surface area (Å²) < 4.78 is 0. The first kappa shape index (κ1) is 29.9. The molecule has 0 aromatic carbocycles. The number of carbonyl (C=O) groups excluding carboxylic acids is 3. The van der Waals surface area contributed by atoms with Crippen LogP contribution in [0.2, 0.25) is 0 Å². The van der Waals surface area contributed by atoms with Gasteiger partial charge >= 0.3 is 89.1 Å². The number of aliphatic carboxylic acids is 2.